The maximum absolute atomic E-state index is 12.2. The van der Waals surface area contributed by atoms with E-state index in [2.05, 4.69) is 15.6 Å². The molecular formula is C15H22N4O2. The second-order valence-electron chi connectivity index (χ2n) is 5.81. The predicted molar refractivity (Wildman–Crippen MR) is 79.1 cm³/mol. The monoisotopic (exact) mass is 290 g/mol. The van der Waals surface area contributed by atoms with Crippen LogP contribution in [0, 0.1) is 6.92 Å². The van der Waals surface area contributed by atoms with Crippen molar-refractivity contribution >= 4 is 11.6 Å². The third kappa shape index (κ3) is 2.94. The summed E-state index contributed by atoms with van der Waals surface area (Å²) < 4.78 is 1.87. The van der Waals surface area contributed by atoms with E-state index in [0.29, 0.717) is 12.5 Å². The number of hydrogen-bond donors (Lipinski definition) is 1. The van der Waals surface area contributed by atoms with Crippen molar-refractivity contribution < 1.29 is 9.63 Å². The fourth-order valence-electron chi connectivity index (χ4n) is 3.00. The first-order valence-electron chi connectivity index (χ1n) is 7.75. The van der Waals surface area contributed by atoms with Crippen LogP contribution in [0.15, 0.2) is 11.4 Å². The van der Waals surface area contributed by atoms with Crippen LogP contribution in [0.2, 0.25) is 0 Å². The van der Waals surface area contributed by atoms with Crippen LogP contribution in [0.4, 0.5) is 0 Å². The van der Waals surface area contributed by atoms with Crippen LogP contribution in [-0.2, 0) is 16.2 Å². The SMILES string of the molecule is CCn1cc(C2=NOC(C(=O)NC3CCCC3)C2)c(C)n1. The number of carbonyl (C=O) groups is 1. The van der Waals surface area contributed by atoms with Crippen LogP contribution in [0.3, 0.4) is 0 Å². The standard InChI is InChI=1S/C15H22N4O2/c1-3-19-9-12(10(2)17-19)13-8-14(21-18-13)15(20)16-11-6-4-5-7-11/h9,11,14H,3-8H2,1-2H3,(H,16,20). The van der Waals surface area contributed by atoms with E-state index < -0.39 is 6.10 Å². The Labute approximate surface area is 124 Å². The number of aryl methyl sites for hydroxylation is 2. The van der Waals surface area contributed by atoms with E-state index in [9.17, 15) is 4.79 Å². The van der Waals surface area contributed by atoms with Gasteiger partial charge >= 0.3 is 0 Å². The first kappa shape index (κ1) is 14.1. The number of nitrogens with zero attached hydrogens (tertiary/aromatic N) is 3. The Balaban J connectivity index is 1.61. The van der Waals surface area contributed by atoms with Gasteiger partial charge in [0, 0.05) is 30.8 Å². The van der Waals surface area contributed by atoms with E-state index >= 15 is 0 Å². The van der Waals surface area contributed by atoms with Crippen molar-refractivity contribution in [3.05, 3.63) is 17.5 Å². The molecule has 1 aromatic heterocycles. The molecule has 0 spiro atoms. The second kappa shape index (κ2) is 5.87. The summed E-state index contributed by atoms with van der Waals surface area (Å²) in [5, 5.41) is 11.6. The molecule has 21 heavy (non-hydrogen) atoms. The molecule has 0 bridgehead atoms. The minimum atomic E-state index is -0.495. The Morgan fingerprint density at radius 2 is 2.24 bits per heavy atom. The highest BCUT2D eigenvalue weighted by atomic mass is 16.6. The van der Waals surface area contributed by atoms with Crippen LogP contribution in [-0.4, -0.2) is 33.5 Å². The van der Waals surface area contributed by atoms with Crippen molar-refractivity contribution in [1.82, 2.24) is 15.1 Å². The molecule has 1 atom stereocenters. The topological polar surface area (TPSA) is 68.5 Å². The zero-order valence-electron chi connectivity index (χ0n) is 12.6. The smallest absolute Gasteiger partial charge is 0.264 e. The first-order chi connectivity index (χ1) is 10.2. The summed E-state index contributed by atoms with van der Waals surface area (Å²) in [6.07, 6.45) is 6.55. The van der Waals surface area contributed by atoms with Crippen molar-refractivity contribution in [1.29, 1.82) is 0 Å². The van der Waals surface area contributed by atoms with Gasteiger partial charge in [0.2, 0.25) is 6.10 Å². The molecule has 1 aliphatic carbocycles. The minimum absolute atomic E-state index is 0.0406. The summed E-state index contributed by atoms with van der Waals surface area (Å²) in [7, 11) is 0. The van der Waals surface area contributed by atoms with E-state index in [1.807, 2.05) is 24.7 Å². The van der Waals surface area contributed by atoms with Gasteiger partial charge in [-0.1, -0.05) is 18.0 Å². The van der Waals surface area contributed by atoms with Crippen molar-refractivity contribution in [2.45, 2.75) is 64.6 Å². The highest BCUT2D eigenvalue weighted by molar-refractivity contribution is 6.04. The Kier molecular flexibility index (Phi) is 3.94. The van der Waals surface area contributed by atoms with Crippen LogP contribution in [0.25, 0.3) is 0 Å². The van der Waals surface area contributed by atoms with Crippen LogP contribution >= 0.6 is 0 Å². The molecule has 1 fully saturated rings. The van der Waals surface area contributed by atoms with Gasteiger partial charge in [-0.2, -0.15) is 5.10 Å². The first-order valence-corrected chi connectivity index (χ1v) is 7.75. The van der Waals surface area contributed by atoms with E-state index in [1.54, 1.807) is 0 Å². The van der Waals surface area contributed by atoms with Gasteiger partial charge in [0.15, 0.2) is 0 Å². The highest BCUT2D eigenvalue weighted by Gasteiger charge is 2.31. The molecule has 0 saturated heterocycles. The Morgan fingerprint density at radius 1 is 1.48 bits per heavy atom. The lowest BCUT2D eigenvalue weighted by molar-refractivity contribution is -0.131. The lowest BCUT2D eigenvalue weighted by atomic mass is 10.1. The largest absolute Gasteiger partial charge is 0.382 e. The number of aromatic nitrogens is 2. The molecule has 1 saturated carbocycles. The summed E-state index contributed by atoms with van der Waals surface area (Å²) >= 11 is 0. The van der Waals surface area contributed by atoms with Crippen LogP contribution < -0.4 is 5.32 Å². The highest BCUT2D eigenvalue weighted by Crippen LogP contribution is 2.21. The van der Waals surface area contributed by atoms with Gasteiger partial charge in [-0.25, -0.2) is 0 Å². The predicted octanol–water partition coefficient (Wildman–Crippen LogP) is 1.76. The summed E-state index contributed by atoms with van der Waals surface area (Å²) in [4.78, 5) is 17.5. The number of rotatable bonds is 4. The molecule has 1 N–H and O–H groups in total. The third-order valence-electron chi connectivity index (χ3n) is 4.24. The zero-order valence-corrected chi connectivity index (χ0v) is 12.6. The van der Waals surface area contributed by atoms with Crippen molar-refractivity contribution in [2.75, 3.05) is 0 Å². The molecule has 6 heteroatoms. The zero-order chi connectivity index (χ0) is 14.8. The van der Waals surface area contributed by atoms with Crippen molar-refractivity contribution in [3.8, 4) is 0 Å². The summed E-state index contributed by atoms with van der Waals surface area (Å²) in [5.74, 6) is -0.0406. The number of hydrogen-bond acceptors (Lipinski definition) is 4. The molecule has 2 heterocycles. The van der Waals surface area contributed by atoms with Gasteiger partial charge in [-0.05, 0) is 26.7 Å². The molecule has 3 rings (SSSR count). The quantitative estimate of drug-likeness (QED) is 0.918. The lowest BCUT2D eigenvalue weighted by Gasteiger charge is -2.14. The van der Waals surface area contributed by atoms with Gasteiger partial charge in [0.05, 0.1) is 11.4 Å². The average molecular weight is 290 g/mol. The molecule has 0 radical (unpaired) electrons. The Morgan fingerprint density at radius 3 is 2.90 bits per heavy atom. The lowest BCUT2D eigenvalue weighted by Crippen LogP contribution is -2.40. The molecule has 1 aliphatic heterocycles. The molecule has 1 unspecified atom stereocenters. The molecule has 6 nitrogen and oxygen atoms in total. The van der Waals surface area contributed by atoms with E-state index in [0.717, 1.165) is 36.4 Å². The number of amides is 1. The van der Waals surface area contributed by atoms with Gasteiger partial charge < -0.3 is 10.2 Å². The summed E-state index contributed by atoms with van der Waals surface area (Å²) in [6, 6.07) is 0.315. The summed E-state index contributed by atoms with van der Waals surface area (Å²) in [6.45, 7) is 4.82. The van der Waals surface area contributed by atoms with Crippen LogP contribution in [0.1, 0.15) is 50.3 Å². The molecule has 1 aromatic rings. The average Bonchev–Trinajstić information content (AvgIpc) is 3.17. The molecule has 114 valence electrons. The van der Waals surface area contributed by atoms with E-state index in [1.165, 1.54) is 12.8 Å². The minimum Gasteiger partial charge on any atom is -0.382 e. The van der Waals surface area contributed by atoms with Gasteiger partial charge in [0.1, 0.15) is 0 Å². The number of nitrogens with one attached hydrogen (secondary N) is 1. The molecule has 2 aliphatic rings. The van der Waals surface area contributed by atoms with Gasteiger partial charge in [-0.15, -0.1) is 0 Å². The van der Waals surface area contributed by atoms with E-state index in [-0.39, 0.29) is 5.91 Å². The van der Waals surface area contributed by atoms with Crippen LogP contribution in [0.5, 0.6) is 0 Å². The summed E-state index contributed by atoms with van der Waals surface area (Å²) in [5.41, 5.74) is 2.72. The molecule has 1 amide bonds. The van der Waals surface area contributed by atoms with Gasteiger partial charge in [0.25, 0.3) is 5.91 Å². The third-order valence-corrected chi connectivity index (χ3v) is 4.24. The van der Waals surface area contributed by atoms with Crippen molar-refractivity contribution in [2.24, 2.45) is 5.16 Å². The Hall–Kier alpha value is -1.85. The van der Waals surface area contributed by atoms with Crippen molar-refractivity contribution in [3.63, 3.8) is 0 Å². The fourth-order valence-corrected chi connectivity index (χ4v) is 3.00. The molecule has 0 aromatic carbocycles. The maximum atomic E-state index is 12.2. The second-order valence-corrected chi connectivity index (χ2v) is 5.81. The number of carbonyl (C=O) groups excluding carboxylic acids is 1. The Bertz CT molecular complexity index is 558. The van der Waals surface area contributed by atoms with E-state index in [4.69, 9.17) is 4.84 Å². The maximum Gasteiger partial charge on any atom is 0.264 e. The molecular weight excluding hydrogens is 268 g/mol. The number of oxime groups is 1. The normalized spacial score (nSPS) is 22.2. The van der Waals surface area contributed by atoms with Gasteiger partial charge in [-0.3, -0.25) is 9.48 Å². The fraction of sp³-hybridized carbons (Fsp3) is 0.667.